The Morgan fingerprint density at radius 2 is 1.56 bits per heavy atom. The normalized spacial score (nSPS) is 12.0. The van der Waals surface area contributed by atoms with Crippen LogP contribution in [0, 0.1) is 5.92 Å². The third-order valence-corrected chi connectivity index (χ3v) is 6.29. The molecule has 0 amide bonds. The summed E-state index contributed by atoms with van der Waals surface area (Å²) in [5.74, 6) is -0.394. The molecule has 0 aliphatic rings. The van der Waals surface area contributed by atoms with Crippen LogP contribution in [0.5, 0.6) is 5.75 Å². The van der Waals surface area contributed by atoms with Crippen molar-refractivity contribution < 1.29 is 19.4 Å². The Labute approximate surface area is 196 Å². The monoisotopic (exact) mass is 458 g/mol. The van der Waals surface area contributed by atoms with E-state index in [0.717, 1.165) is 29.5 Å². The molecule has 1 atom stereocenters. The molecule has 32 heavy (non-hydrogen) atoms. The Morgan fingerprint density at radius 1 is 0.938 bits per heavy atom. The summed E-state index contributed by atoms with van der Waals surface area (Å²) in [5, 5.41) is 9.38. The molecule has 5 heteroatoms. The van der Waals surface area contributed by atoms with Gasteiger partial charge in [-0.05, 0) is 53.6 Å². The lowest BCUT2D eigenvalue weighted by Crippen LogP contribution is -2.14. The first-order valence-electron chi connectivity index (χ1n) is 11.6. The van der Waals surface area contributed by atoms with Gasteiger partial charge in [-0.1, -0.05) is 77.1 Å². The average molecular weight is 459 g/mol. The van der Waals surface area contributed by atoms with E-state index in [1.165, 1.54) is 25.7 Å². The summed E-state index contributed by atoms with van der Waals surface area (Å²) < 4.78 is 5.45. The van der Waals surface area contributed by atoms with Gasteiger partial charge in [0.05, 0.1) is 5.56 Å². The minimum Gasteiger partial charge on any atom is -0.478 e. The summed E-state index contributed by atoms with van der Waals surface area (Å²) in [5.41, 5.74) is 2.83. The van der Waals surface area contributed by atoms with E-state index in [4.69, 9.17) is 16.3 Å². The van der Waals surface area contributed by atoms with Crippen molar-refractivity contribution in [1.29, 1.82) is 0 Å². The molecule has 0 spiro atoms. The zero-order chi connectivity index (χ0) is 23.5. The highest BCUT2D eigenvalue weighted by atomic mass is 35.5. The van der Waals surface area contributed by atoms with Gasteiger partial charge in [0.2, 0.25) is 0 Å². The van der Waals surface area contributed by atoms with E-state index in [9.17, 15) is 14.7 Å². The number of halogens is 1. The molecule has 1 N–H and O–H groups in total. The fourth-order valence-corrected chi connectivity index (χ4v) is 3.71. The number of carboxylic acid groups (broad SMARTS) is 1. The number of esters is 1. The Hall–Kier alpha value is -2.33. The van der Waals surface area contributed by atoms with Crippen LogP contribution in [-0.4, -0.2) is 22.4 Å². The number of aromatic carboxylic acids is 1. The zero-order valence-corrected chi connectivity index (χ0v) is 20.2. The summed E-state index contributed by atoms with van der Waals surface area (Å²) in [6, 6.07) is 12.6. The highest BCUT2D eigenvalue weighted by Gasteiger charge is 2.17. The molecule has 0 aliphatic heterocycles. The Balaban J connectivity index is 2.01. The maximum absolute atomic E-state index is 12.1. The van der Waals surface area contributed by atoms with Crippen molar-refractivity contribution in [1.82, 2.24) is 0 Å². The predicted octanol–water partition coefficient (Wildman–Crippen LogP) is 7.51. The fourth-order valence-electron chi connectivity index (χ4n) is 3.54. The smallest absolute Gasteiger partial charge is 0.335 e. The lowest BCUT2D eigenvalue weighted by Gasteiger charge is -2.16. The Kier molecular flexibility index (Phi) is 10.8. The minimum absolute atomic E-state index is 0.142. The van der Waals surface area contributed by atoms with Crippen LogP contribution in [0.2, 0.25) is 0 Å². The van der Waals surface area contributed by atoms with Gasteiger partial charge in [-0.2, -0.15) is 0 Å². The number of carbonyl (C=O) groups excluding carboxylic acids is 1. The van der Waals surface area contributed by atoms with E-state index >= 15 is 0 Å². The van der Waals surface area contributed by atoms with Crippen molar-refractivity contribution in [3.63, 3.8) is 0 Å². The maximum atomic E-state index is 12.1. The summed E-state index contributed by atoms with van der Waals surface area (Å²) >= 11 is 6.42. The number of benzene rings is 2. The van der Waals surface area contributed by atoms with E-state index in [2.05, 4.69) is 6.92 Å². The van der Waals surface area contributed by atoms with Crippen molar-refractivity contribution in [2.45, 2.75) is 77.5 Å². The van der Waals surface area contributed by atoms with E-state index in [1.54, 1.807) is 24.3 Å². The van der Waals surface area contributed by atoms with Crippen molar-refractivity contribution in [3.8, 4) is 16.9 Å². The van der Waals surface area contributed by atoms with Gasteiger partial charge in [-0.15, -0.1) is 11.6 Å². The van der Waals surface area contributed by atoms with Crippen molar-refractivity contribution >= 4 is 23.5 Å². The molecule has 174 valence electrons. The lowest BCUT2D eigenvalue weighted by atomic mass is 9.94. The van der Waals surface area contributed by atoms with Gasteiger partial charge in [0.1, 0.15) is 5.75 Å². The minimum atomic E-state index is -0.952. The van der Waals surface area contributed by atoms with Crippen molar-refractivity contribution in [3.05, 3.63) is 53.6 Å². The van der Waals surface area contributed by atoms with E-state index in [1.807, 2.05) is 32.0 Å². The van der Waals surface area contributed by atoms with Crippen LogP contribution >= 0.6 is 11.6 Å². The molecular formula is C27H35ClO4. The van der Waals surface area contributed by atoms with Crippen LogP contribution in [0.1, 0.15) is 81.6 Å². The van der Waals surface area contributed by atoms with Gasteiger partial charge in [-0.3, -0.25) is 4.79 Å². The second kappa shape index (κ2) is 13.3. The Morgan fingerprint density at radius 3 is 2.19 bits per heavy atom. The van der Waals surface area contributed by atoms with Gasteiger partial charge >= 0.3 is 11.9 Å². The predicted molar refractivity (Wildman–Crippen MR) is 131 cm³/mol. The van der Waals surface area contributed by atoms with E-state index in [0.29, 0.717) is 18.6 Å². The number of unbranched alkanes of at least 4 members (excludes halogenated alkanes) is 5. The summed E-state index contributed by atoms with van der Waals surface area (Å²) in [7, 11) is 0. The van der Waals surface area contributed by atoms with Crippen molar-refractivity contribution in [2.24, 2.45) is 5.92 Å². The average Bonchev–Trinajstić information content (AvgIpc) is 2.76. The molecule has 0 bridgehead atoms. The van der Waals surface area contributed by atoms with Crippen LogP contribution in [0.3, 0.4) is 0 Å². The SMILES string of the molecule is CCCCCCCCC(=O)Oc1ccc(-c2ccc(C(=O)O)c(CC(Cl)C(C)C)c2)cc1. The van der Waals surface area contributed by atoms with Gasteiger partial charge in [0.25, 0.3) is 0 Å². The number of hydrogen-bond donors (Lipinski definition) is 1. The van der Waals surface area contributed by atoms with Crippen LogP contribution in [0.4, 0.5) is 0 Å². The molecule has 4 nitrogen and oxygen atoms in total. The number of ether oxygens (including phenoxy) is 1. The second-order valence-corrected chi connectivity index (χ2v) is 9.22. The van der Waals surface area contributed by atoms with Crippen LogP contribution in [0.25, 0.3) is 11.1 Å². The number of rotatable bonds is 13. The van der Waals surface area contributed by atoms with Crippen molar-refractivity contribution in [2.75, 3.05) is 0 Å². The highest BCUT2D eigenvalue weighted by Crippen LogP contribution is 2.27. The maximum Gasteiger partial charge on any atom is 0.335 e. The molecule has 2 rings (SSSR count). The Bertz CT molecular complexity index is 874. The molecule has 0 heterocycles. The third kappa shape index (κ3) is 8.31. The summed E-state index contributed by atoms with van der Waals surface area (Å²) in [4.78, 5) is 23.7. The first-order chi connectivity index (χ1) is 15.3. The second-order valence-electron chi connectivity index (χ2n) is 8.66. The van der Waals surface area contributed by atoms with Crippen LogP contribution < -0.4 is 4.74 Å². The van der Waals surface area contributed by atoms with E-state index < -0.39 is 5.97 Å². The topological polar surface area (TPSA) is 63.6 Å². The largest absolute Gasteiger partial charge is 0.478 e. The fraction of sp³-hybridized carbons (Fsp3) is 0.481. The molecule has 0 saturated heterocycles. The molecule has 2 aromatic carbocycles. The molecule has 1 unspecified atom stereocenters. The van der Waals surface area contributed by atoms with Gasteiger partial charge in [0.15, 0.2) is 0 Å². The molecule has 0 aromatic heterocycles. The molecular weight excluding hydrogens is 424 g/mol. The number of carboxylic acids is 1. The zero-order valence-electron chi connectivity index (χ0n) is 19.4. The van der Waals surface area contributed by atoms with Crippen LogP contribution in [-0.2, 0) is 11.2 Å². The quantitative estimate of drug-likeness (QED) is 0.146. The first kappa shape index (κ1) is 25.9. The van der Waals surface area contributed by atoms with Gasteiger partial charge in [0, 0.05) is 11.8 Å². The first-order valence-corrected chi connectivity index (χ1v) is 12.1. The lowest BCUT2D eigenvalue weighted by molar-refractivity contribution is -0.134. The molecule has 0 saturated carbocycles. The number of hydrogen-bond acceptors (Lipinski definition) is 3. The van der Waals surface area contributed by atoms with Gasteiger partial charge < -0.3 is 9.84 Å². The number of alkyl halides is 1. The number of carbonyl (C=O) groups is 2. The third-order valence-electron chi connectivity index (χ3n) is 5.63. The van der Waals surface area contributed by atoms with E-state index in [-0.39, 0.29) is 22.8 Å². The standard InChI is InChI=1S/C27H35ClO4/c1-4-5-6-7-8-9-10-26(29)32-23-14-11-20(12-15-23)21-13-16-24(27(30)31)22(17-21)18-25(28)19(2)3/h11-17,19,25H,4-10,18H2,1-3H3,(H,30,31). The molecule has 0 aliphatic carbocycles. The summed E-state index contributed by atoms with van der Waals surface area (Å²) in [6.45, 7) is 6.23. The molecule has 0 fully saturated rings. The molecule has 0 radical (unpaired) electrons. The van der Waals surface area contributed by atoms with Gasteiger partial charge in [-0.25, -0.2) is 4.79 Å². The molecule has 2 aromatic rings. The van der Waals surface area contributed by atoms with Crippen LogP contribution in [0.15, 0.2) is 42.5 Å². The summed E-state index contributed by atoms with van der Waals surface area (Å²) in [6.07, 6.45) is 7.70. The highest BCUT2D eigenvalue weighted by molar-refractivity contribution is 6.21.